The summed E-state index contributed by atoms with van der Waals surface area (Å²) in [5.74, 6) is 0.311. The number of hydrogen-bond donors (Lipinski definition) is 2. The van der Waals surface area contributed by atoms with Gasteiger partial charge in [-0.3, -0.25) is 9.59 Å². The molecule has 0 aromatic rings. The van der Waals surface area contributed by atoms with E-state index < -0.39 is 17.6 Å². The van der Waals surface area contributed by atoms with Crippen LogP contribution in [0.5, 0.6) is 0 Å². The number of rotatable bonds is 3. The first-order valence-electron chi connectivity index (χ1n) is 7.76. The van der Waals surface area contributed by atoms with E-state index in [9.17, 15) is 9.59 Å². The Morgan fingerprint density at radius 3 is 2.00 bits per heavy atom. The summed E-state index contributed by atoms with van der Waals surface area (Å²) in [6, 6.07) is -0.408. The molecule has 1 aliphatic heterocycles. The first-order valence-corrected chi connectivity index (χ1v) is 7.76. The molecule has 0 aliphatic carbocycles. The fourth-order valence-corrected chi connectivity index (χ4v) is 1.59. The molecule has 1 atom stereocenters. The normalized spacial score (nSPS) is 16.6. The van der Waals surface area contributed by atoms with Crippen LogP contribution in [-0.4, -0.2) is 53.6 Å². The molecule has 135 valence electrons. The van der Waals surface area contributed by atoms with E-state index in [1.54, 1.807) is 27.8 Å². The number of nitrogens with two attached hydrogens (primary N) is 1. The average molecular weight is 405 g/mol. The van der Waals surface area contributed by atoms with Crippen LogP contribution in [0.4, 0.5) is 0 Å². The molecule has 1 rings (SSSR count). The second-order valence-electron chi connectivity index (χ2n) is 7.02. The molecule has 0 aromatic heterocycles. The number of primary amides is 1. The Hall–Kier alpha value is -0.0361. The second kappa shape index (κ2) is 14.3. The van der Waals surface area contributed by atoms with Crippen molar-refractivity contribution < 1.29 is 47.4 Å². The predicted molar refractivity (Wildman–Crippen MR) is 90.6 cm³/mol. The molecule has 23 heavy (non-hydrogen) atoms. The molecule has 1 aliphatic rings. The Balaban J connectivity index is -0.000000336. The van der Waals surface area contributed by atoms with Crippen LogP contribution >= 0.6 is 0 Å². The first kappa shape index (κ1) is 27.8. The zero-order valence-corrected chi connectivity index (χ0v) is 18.6. The van der Waals surface area contributed by atoms with Gasteiger partial charge < -0.3 is 21.1 Å². The number of nitrogens with zero attached hydrogens (tertiary/aromatic N) is 2. The fraction of sp³-hybridized carbons (Fsp3) is 0.875. The molecule has 6 nitrogen and oxygen atoms in total. The van der Waals surface area contributed by atoms with Crippen molar-refractivity contribution in [2.75, 3.05) is 20.1 Å². The third-order valence-electron chi connectivity index (χ3n) is 2.19. The van der Waals surface area contributed by atoms with Gasteiger partial charge >= 0.3 is 0 Å². The van der Waals surface area contributed by atoms with Gasteiger partial charge in [-0.25, -0.2) is 0 Å². The molecule has 1 saturated heterocycles. The van der Waals surface area contributed by atoms with Crippen LogP contribution in [0.2, 0.25) is 0 Å². The van der Waals surface area contributed by atoms with Crippen LogP contribution in [0.1, 0.15) is 54.4 Å². The summed E-state index contributed by atoms with van der Waals surface area (Å²) in [5.41, 5.74) is 4.66. The summed E-state index contributed by atoms with van der Waals surface area (Å²) in [6.45, 7) is 12.5. The molecule has 0 saturated carbocycles. The number of likely N-dealkylation sites (tertiary alicyclic amines) is 1. The number of carbonyl (C=O) groups is 2. The monoisotopic (exact) mass is 405 g/mol. The number of aliphatic hydroxyl groups is 1. The van der Waals surface area contributed by atoms with E-state index in [0.717, 1.165) is 12.3 Å². The molecule has 0 spiro atoms. The maximum absolute atomic E-state index is 11.4. The predicted octanol–water partition coefficient (Wildman–Crippen LogP) is 1.90. The van der Waals surface area contributed by atoms with E-state index in [4.69, 9.17) is 10.8 Å². The third-order valence-corrected chi connectivity index (χ3v) is 2.19. The molecular weight excluding hydrogens is 371 g/mol. The van der Waals surface area contributed by atoms with Gasteiger partial charge in [0.2, 0.25) is 11.8 Å². The third kappa shape index (κ3) is 19.9. The summed E-state index contributed by atoms with van der Waals surface area (Å²) in [7, 11) is 1.58. The van der Waals surface area contributed by atoms with Crippen LogP contribution in [-0.2, 0) is 42.3 Å². The molecule has 7 heteroatoms. The molecule has 0 aromatic carbocycles. The van der Waals surface area contributed by atoms with Crippen LogP contribution < -0.4 is 5.73 Å². The van der Waals surface area contributed by atoms with Crippen molar-refractivity contribution in [1.82, 2.24) is 4.90 Å². The minimum absolute atomic E-state index is 0. The molecule has 1 radical (unpaired) electrons. The van der Waals surface area contributed by atoms with E-state index in [2.05, 4.69) is 26.1 Å². The Kier molecular flexibility index (Phi) is 17.3. The summed E-state index contributed by atoms with van der Waals surface area (Å²) in [6.07, 6.45) is 1.54. The van der Waals surface area contributed by atoms with Gasteiger partial charge in [0.15, 0.2) is 0 Å². The SMILES string of the molecule is CC(C)(C)O.CC(C)C.C[N-]CC(=O)N1CCC[C@H]1C(N)=O.[Y]. The van der Waals surface area contributed by atoms with Gasteiger partial charge in [0.25, 0.3) is 0 Å². The van der Waals surface area contributed by atoms with Crippen molar-refractivity contribution in [2.24, 2.45) is 11.7 Å². The van der Waals surface area contributed by atoms with Crippen LogP contribution in [0.3, 0.4) is 0 Å². The van der Waals surface area contributed by atoms with Crippen molar-refractivity contribution in [1.29, 1.82) is 0 Å². The van der Waals surface area contributed by atoms with E-state index in [1.807, 2.05) is 0 Å². The van der Waals surface area contributed by atoms with Gasteiger partial charge in [0.1, 0.15) is 6.04 Å². The Morgan fingerprint density at radius 2 is 1.70 bits per heavy atom. The maximum Gasteiger partial charge on any atom is 0.240 e. The molecule has 1 heterocycles. The van der Waals surface area contributed by atoms with Crippen molar-refractivity contribution >= 4 is 11.8 Å². The van der Waals surface area contributed by atoms with Crippen LogP contribution in [0.15, 0.2) is 0 Å². The fourth-order valence-electron chi connectivity index (χ4n) is 1.59. The molecule has 0 unspecified atom stereocenters. The molecule has 1 fully saturated rings. The topological polar surface area (TPSA) is 97.7 Å². The van der Waals surface area contributed by atoms with Crippen LogP contribution in [0, 0.1) is 5.92 Å². The number of amides is 2. The molecule has 0 bridgehead atoms. The van der Waals surface area contributed by atoms with Gasteiger partial charge in [-0.15, -0.1) is 0 Å². The van der Waals surface area contributed by atoms with Gasteiger partial charge in [-0.1, -0.05) is 27.3 Å². The van der Waals surface area contributed by atoms with Crippen molar-refractivity contribution in [2.45, 2.75) is 66.0 Å². The number of carbonyl (C=O) groups excluding carboxylic acids is 2. The van der Waals surface area contributed by atoms with E-state index in [-0.39, 0.29) is 45.2 Å². The zero-order chi connectivity index (χ0) is 17.9. The van der Waals surface area contributed by atoms with E-state index in [1.165, 1.54) is 4.90 Å². The molecule has 3 N–H and O–H groups in total. The van der Waals surface area contributed by atoms with E-state index >= 15 is 0 Å². The quantitative estimate of drug-likeness (QED) is 0.751. The van der Waals surface area contributed by atoms with Crippen molar-refractivity contribution in [3.05, 3.63) is 5.32 Å². The molecular formula is C16H34N3O3Y-. The smallest absolute Gasteiger partial charge is 0.240 e. The Labute approximate surface area is 166 Å². The van der Waals surface area contributed by atoms with Crippen molar-refractivity contribution in [3.63, 3.8) is 0 Å². The molecule has 2 amide bonds. The van der Waals surface area contributed by atoms with E-state index in [0.29, 0.717) is 13.0 Å². The van der Waals surface area contributed by atoms with Crippen LogP contribution in [0.25, 0.3) is 5.32 Å². The largest absolute Gasteiger partial charge is 0.657 e. The van der Waals surface area contributed by atoms with Gasteiger partial charge in [0.05, 0.1) is 5.60 Å². The Bertz CT molecular complexity index is 322. The van der Waals surface area contributed by atoms with Gasteiger partial charge in [-0.05, 0) is 39.5 Å². The minimum Gasteiger partial charge on any atom is -0.657 e. The maximum atomic E-state index is 11.4. The zero-order valence-electron chi connectivity index (χ0n) is 15.8. The summed E-state index contributed by atoms with van der Waals surface area (Å²) in [4.78, 5) is 23.8. The van der Waals surface area contributed by atoms with Gasteiger partial charge in [-0.2, -0.15) is 7.05 Å². The van der Waals surface area contributed by atoms with Crippen molar-refractivity contribution in [3.8, 4) is 0 Å². The average Bonchev–Trinajstić information content (AvgIpc) is 2.74. The summed E-state index contributed by atoms with van der Waals surface area (Å²) < 4.78 is 0. The Morgan fingerprint density at radius 1 is 1.30 bits per heavy atom. The summed E-state index contributed by atoms with van der Waals surface area (Å²) >= 11 is 0. The first-order chi connectivity index (χ1) is 9.90. The van der Waals surface area contributed by atoms with Gasteiger partial charge in [0, 0.05) is 39.3 Å². The summed E-state index contributed by atoms with van der Waals surface area (Å²) in [5, 5.41) is 12.3. The number of likely N-dealkylation sites (N-methyl/N-ethyl adjacent to an activating group) is 1. The number of hydrogen-bond acceptors (Lipinski definition) is 3. The standard InChI is InChI=1S/C8H14N3O2.C4H10O.C4H10.Y/c1-10-5-7(12)11-4-2-3-6(11)8(9)13;1-4(2,3)5;1-4(2)3;/h6H,2-5H2,1H3,(H2,9,13);5H,1-3H3;4H,1-3H3;/q-1;;;/t6-;;;/m0.../s1. The second-order valence-corrected chi connectivity index (χ2v) is 7.02. The minimum atomic E-state index is -0.500.